The van der Waals surface area contributed by atoms with Crippen molar-refractivity contribution in [2.75, 3.05) is 19.6 Å². The van der Waals surface area contributed by atoms with Crippen molar-refractivity contribution in [1.29, 1.82) is 0 Å². The van der Waals surface area contributed by atoms with Crippen molar-refractivity contribution in [2.45, 2.75) is 62.0 Å². The zero-order chi connectivity index (χ0) is 27.4. The molecule has 2 aliphatic rings. The van der Waals surface area contributed by atoms with E-state index in [1.54, 1.807) is 24.3 Å². The second-order valence-corrected chi connectivity index (χ2v) is 10.2. The first-order chi connectivity index (χ1) is 18.1. The number of carbonyl (C=O) groups excluding carboxylic acids is 1. The summed E-state index contributed by atoms with van der Waals surface area (Å²) in [5, 5.41) is 40.7. The summed E-state index contributed by atoms with van der Waals surface area (Å²) in [5.74, 6) is -1.93. The van der Waals surface area contributed by atoms with E-state index in [1.807, 2.05) is 0 Å². The van der Waals surface area contributed by atoms with Crippen LogP contribution < -0.4 is 0 Å². The van der Waals surface area contributed by atoms with Gasteiger partial charge in [-0.2, -0.15) is 0 Å². The fourth-order valence-corrected chi connectivity index (χ4v) is 5.11. The number of hydrogen-bond acceptors (Lipinski definition) is 8. The highest BCUT2D eigenvalue weighted by Crippen LogP contribution is 2.40. The largest absolute Gasteiger partial charge is 0.479 e. The first-order valence-corrected chi connectivity index (χ1v) is 12.8. The zero-order valence-corrected chi connectivity index (χ0v) is 21.3. The van der Waals surface area contributed by atoms with Gasteiger partial charge < -0.3 is 34.8 Å². The number of hydrogen-bond donors (Lipinski definition) is 4. The average Bonchev–Trinajstić information content (AvgIpc) is 2.90. The first-order valence-electron chi connectivity index (χ1n) is 12.5. The van der Waals surface area contributed by atoms with E-state index < -0.39 is 48.1 Å². The number of aliphatic hydroxyl groups is 3. The standard InChI is InChI=1S/C27H31ClFNO8/c28-18-7-5-17(6-8-18)27(38-26-23(34)21(32)22(33)24(37-26)25(35)36)11-14-30(15-12-27)13-1-2-20(31)16-3-9-19(29)10-4-16/h3-10,21-24,26,32-34H,1-2,11-15H2,(H,35,36)/t21-,22-,23+,24-,26?/m0/s1. The first kappa shape index (κ1) is 28.6. The molecule has 11 heteroatoms. The molecule has 2 fully saturated rings. The number of Topliss-reactive ketones (excluding diaryl/α,β-unsaturated/α-hetero) is 1. The Balaban J connectivity index is 1.42. The van der Waals surface area contributed by atoms with Crippen molar-refractivity contribution in [1.82, 2.24) is 4.90 Å². The van der Waals surface area contributed by atoms with Crippen LogP contribution in [0.4, 0.5) is 4.39 Å². The van der Waals surface area contributed by atoms with E-state index in [9.17, 15) is 34.4 Å². The van der Waals surface area contributed by atoms with Gasteiger partial charge in [0.15, 0.2) is 18.2 Å². The Morgan fingerprint density at radius 1 is 1.00 bits per heavy atom. The second-order valence-electron chi connectivity index (χ2n) is 9.73. The van der Waals surface area contributed by atoms with Gasteiger partial charge in [0, 0.05) is 30.1 Å². The van der Waals surface area contributed by atoms with E-state index in [0.29, 0.717) is 55.9 Å². The monoisotopic (exact) mass is 551 g/mol. The predicted octanol–water partition coefficient (Wildman–Crippen LogP) is 2.34. The van der Waals surface area contributed by atoms with Crippen LogP contribution in [0.2, 0.25) is 5.02 Å². The van der Waals surface area contributed by atoms with Gasteiger partial charge in [-0.25, -0.2) is 9.18 Å². The molecule has 2 saturated heterocycles. The highest BCUT2D eigenvalue weighted by molar-refractivity contribution is 6.30. The van der Waals surface area contributed by atoms with Gasteiger partial charge in [0.1, 0.15) is 24.1 Å². The van der Waals surface area contributed by atoms with Crippen LogP contribution in [0.3, 0.4) is 0 Å². The number of carbonyl (C=O) groups is 2. The lowest BCUT2D eigenvalue weighted by atomic mass is 9.83. The topological polar surface area (TPSA) is 137 Å². The molecule has 0 aliphatic carbocycles. The Kier molecular flexibility index (Phi) is 9.15. The Hall–Kier alpha value is -2.44. The van der Waals surface area contributed by atoms with Crippen molar-refractivity contribution in [2.24, 2.45) is 0 Å². The highest BCUT2D eigenvalue weighted by Gasteiger charge is 2.50. The lowest BCUT2D eigenvalue weighted by molar-refractivity contribution is -0.327. The normalized spacial score (nSPS) is 27.7. The van der Waals surface area contributed by atoms with Crippen LogP contribution in [0.15, 0.2) is 48.5 Å². The van der Waals surface area contributed by atoms with E-state index in [-0.39, 0.29) is 5.78 Å². The Morgan fingerprint density at radius 2 is 1.63 bits per heavy atom. The van der Waals surface area contributed by atoms with Gasteiger partial charge in [0.25, 0.3) is 0 Å². The van der Waals surface area contributed by atoms with E-state index in [4.69, 9.17) is 21.1 Å². The molecule has 5 atom stereocenters. The van der Waals surface area contributed by atoms with Gasteiger partial charge in [-0.05, 0) is 67.8 Å². The molecule has 4 N–H and O–H groups in total. The van der Waals surface area contributed by atoms with Gasteiger partial charge in [0.05, 0.1) is 5.60 Å². The molecule has 4 rings (SSSR count). The molecule has 0 bridgehead atoms. The third kappa shape index (κ3) is 6.40. The van der Waals surface area contributed by atoms with Crippen molar-refractivity contribution >= 4 is 23.4 Å². The van der Waals surface area contributed by atoms with E-state index in [2.05, 4.69) is 4.90 Å². The predicted molar refractivity (Wildman–Crippen MR) is 134 cm³/mol. The van der Waals surface area contributed by atoms with Gasteiger partial charge in [-0.3, -0.25) is 4.79 Å². The number of piperidine rings is 1. The number of ether oxygens (including phenoxy) is 2. The fourth-order valence-electron chi connectivity index (χ4n) is 4.98. The summed E-state index contributed by atoms with van der Waals surface area (Å²) < 4.78 is 24.8. The molecule has 2 aromatic carbocycles. The van der Waals surface area contributed by atoms with Crippen LogP contribution >= 0.6 is 11.6 Å². The number of carboxylic acids is 1. The third-order valence-electron chi connectivity index (χ3n) is 7.23. The van der Waals surface area contributed by atoms with Crippen LogP contribution in [-0.2, 0) is 19.9 Å². The summed E-state index contributed by atoms with van der Waals surface area (Å²) in [6, 6.07) is 12.5. The molecular weight excluding hydrogens is 521 g/mol. The van der Waals surface area contributed by atoms with Gasteiger partial charge in [-0.1, -0.05) is 23.7 Å². The molecule has 0 saturated carbocycles. The number of likely N-dealkylation sites (tertiary alicyclic amines) is 1. The molecule has 38 heavy (non-hydrogen) atoms. The third-order valence-corrected chi connectivity index (χ3v) is 7.49. The zero-order valence-electron chi connectivity index (χ0n) is 20.6. The lowest BCUT2D eigenvalue weighted by Crippen LogP contribution is -2.62. The smallest absolute Gasteiger partial charge is 0.335 e. The number of aliphatic carboxylic acids is 1. The molecule has 2 aromatic rings. The minimum Gasteiger partial charge on any atom is -0.479 e. The van der Waals surface area contributed by atoms with Gasteiger partial charge >= 0.3 is 5.97 Å². The number of aliphatic hydroxyl groups excluding tert-OH is 3. The van der Waals surface area contributed by atoms with Gasteiger partial charge in [0.2, 0.25) is 0 Å². The van der Waals surface area contributed by atoms with Crippen molar-refractivity contribution < 1.29 is 43.9 Å². The van der Waals surface area contributed by atoms with Crippen molar-refractivity contribution in [3.8, 4) is 0 Å². The average molecular weight is 552 g/mol. The Bertz CT molecular complexity index is 1110. The van der Waals surface area contributed by atoms with Crippen LogP contribution in [0.1, 0.15) is 41.6 Å². The molecule has 0 amide bonds. The molecule has 9 nitrogen and oxygen atoms in total. The summed E-state index contributed by atoms with van der Waals surface area (Å²) in [6.07, 6.45) is -6.68. The summed E-state index contributed by atoms with van der Waals surface area (Å²) in [7, 11) is 0. The Labute approximate surface area is 224 Å². The summed E-state index contributed by atoms with van der Waals surface area (Å²) in [5.41, 5.74) is 0.233. The maximum absolute atomic E-state index is 13.1. The lowest BCUT2D eigenvalue weighted by Gasteiger charge is -2.47. The number of carboxylic acid groups (broad SMARTS) is 1. The highest BCUT2D eigenvalue weighted by atomic mass is 35.5. The number of benzene rings is 2. The maximum atomic E-state index is 13.1. The molecule has 0 aromatic heterocycles. The number of rotatable bonds is 9. The molecular formula is C27H31ClFNO8. The Morgan fingerprint density at radius 3 is 2.24 bits per heavy atom. The summed E-state index contributed by atoms with van der Waals surface area (Å²) >= 11 is 6.07. The van der Waals surface area contributed by atoms with Gasteiger partial charge in [-0.15, -0.1) is 0 Å². The quantitative estimate of drug-likeness (QED) is 0.346. The van der Waals surface area contributed by atoms with Crippen molar-refractivity contribution in [3.63, 3.8) is 0 Å². The maximum Gasteiger partial charge on any atom is 0.335 e. The second kappa shape index (κ2) is 12.2. The number of halogens is 2. The van der Waals surface area contributed by atoms with Crippen molar-refractivity contribution in [3.05, 3.63) is 70.5 Å². The molecule has 0 radical (unpaired) electrons. The van der Waals surface area contributed by atoms with Crippen LogP contribution in [0.5, 0.6) is 0 Å². The molecule has 2 heterocycles. The summed E-state index contributed by atoms with van der Waals surface area (Å²) in [6.45, 7) is 1.80. The SMILES string of the molecule is O=C(CCCN1CCC(OC2O[C@H](C(=O)O)[C@@H](O)[C@H](O)[C@H]2O)(c2ccc(Cl)cc2)CC1)c1ccc(F)cc1. The molecule has 0 spiro atoms. The van der Waals surface area contributed by atoms with E-state index in [1.165, 1.54) is 24.3 Å². The van der Waals surface area contributed by atoms with Crippen LogP contribution in [-0.4, -0.2) is 87.4 Å². The summed E-state index contributed by atoms with van der Waals surface area (Å²) in [4.78, 5) is 26.1. The minimum absolute atomic E-state index is 0.0574. The fraction of sp³-hybridized carbons (Fsp3) is 0.481. The number of ketones is 1. The molecule has 206 valence electrons. The van der Waals surface area contributed by atoms with Crippen LogP contribution in [0, 0.1) is 5.82 Å². The van der Waals surface area contributed by atoms with E-state index >= 15 is 0 Å². The molecule has 1 unspecified atom stereocenters. The molecule has 2 aliphatic heterocycles. The number of nitrogens with zero attached hydrogens (tertiary/aromatic N) is 1. The minimum atomic E-state index is -1.81. The van der Waals surface area contributed by atoms with Crippen LogP contribution in [0.25, 0.3) is 0 Å². The van der Waals surface area contributed by atoms with E-state index in [0.717, 1.165) is 5.56 Å².